The summed E-state index contributed by atoms with van der Waals surface area (Å²) in [6.07, 6.45) is 3.18. The molecule has 0 saturated carbocycles. The van der Waals surface area contributed by atoms with E-state index in [2.05, 4.69) is 5.18 Å². The molecule has 0 bridgehead atoms. The summed E-state index contributed by atoms with van der Waals surface area (Å²) < 4.78 is 5.34. The van der Waals surface area contributed by atoms with Gasteiger partial charge in [-0.1, -0.05) is 35.5 Å². The lowest BCUT2D eigenvalue weighted by atomic mass is 9.96. The monoisotopic (exact) mass is 341 g/mol. The minimum atomic E-state index is -1.02. The van der Waals surface area contributed by atoms with Crippen molar-refractivity contribution in [1.29, 1.82) is 0 Å². The average molecular weight is 341 g/mol. The van der Waals surface area contributed by atoms with Crippen LogP contribution in [0.4, 0.5) is 0 Å². The Morgan fingerprint density at radius 3 is 2.52 bits per heavy atom. The van der Waals surface area contributed by atoms with Gasteiger partial charge in [0.25, 0.3) is 0 Å². The maximum absolute atomic E-state index is 11.4. The van der Waals surface area contributed by atoms with Gasteiger partial charge in [-0.2, -0.15) is 0 Å². The van der Waals surface area contributed by atoms with E-state index in [9.17, 15) is 19.9 Å². The first-order valence-corrected chi connectivity index (χ1v) is 7.60. The number of benzene rings is 2. The molecular weight excluding hydrogens is 322 g/mol. The summed E-state index contributed by atoms with van der Waals surface area (Å²) in [6.45, 7) is 3.37. The van der Waals surface area contributed by atoms with Crippen LogP contribution in [0.1, 0.15) is 38.7 Å². The normalized spacial score (nSPS) is 12.1. The van der Waals surface area contributed by atoms with E-state index in [1.54, 1.807) is 50.3 Å². The van der Waals surface area contributed by atoms with Crippen molar-refractivity contribution < 1.29 is 19.7 Å². The Hall–Kier alpha value is -3.15. The zero-order chi connectivity index (χ0) is 18.6. The number of carboxylic acids is 1. The number of aromatic hydroxyl groups is 1. The van der Waals surface area contributed by atoms with Crippen LogP contribution in [0, 0.1) is 18.8 Å². The van der Waals surface area contributed by atoms with Crippen molar-refractivity contribution in [2.75, 3.05) is 7.11 Å². The Labute approximate surface area is 145 Å². The van der Waals surface area contributed by atoms with Crippen molar-refractivity contribution in [3.05, 3.63) is 69.1 Å². The smallest absolute Gasteiger partial charge is 0.336 e. The van der Waals surface area contributed by atoms with E-state index >= 15 is 0 Å². The molecule has 2 N–H and O–H groups in total. The fourth-order valence-electron chi connectivity index (χ4n) is 2.85. The SMILES string of the molecule is COc1c(C=CC(N=O)c2ccccc2O)cc(C)c(C(=O)O)c1C. The van der Waals surface area contributed by atoms with Crippen molar-refractivity contribution in [2.24, 2.45) is 5.18 Å². The lowest BCUT2D eigenvalue weighted by molar-refractivity contribution is 0.0695. The summed E-state index contributed by atoms with van der Waals surface area (Å²) in [5.74, 6) is -0.621. The molecule has 1 atom stereocenters. The number of carbonyl (C=O) groups is 1. The van der Waals surface area contributed by atoms with Gasteiger partial charge in [0.2, 0.25) is 0 Å². The lowest BCUT2D eigenvalue weighted by Crippen LogP contribution is -2.06. The first-order chi connectivity index (χ1) is 11.9. The van der Waals surface area contributed by atoms with Crippen LogP contribution in [0.5, 0.6) is 11.5 Å². The number of hydrogen-bond donors (Lipinski definition) is 2. The van der Waals surface area contributed by atoms with Gasteiger partial charge < -0.3 is 14.9 Å². The molecule has 0 saturated heterocycles. The molecule has 0 aliphatic rings. The second-order valence-electron chi connectivity index (χ2n) is 5.59. The van der Waals surface area contributed by atoms with E-state index in [1.807, 2.05) is 0 Å². The summed E-state index contributed by atoms with van der Waals surface area (Å²) in [6, 6.07) is 7.27. The maximum atomic E-state index is 11.4. The zero-order valence-corrected chi connectivity index (χ0v) is 14.2. The predicted octanol–water partition coefficient (Wildman–Crippen LogP) is 4.24. The number of aromatic carboxylic acids is 1. The number of phenolic OH excluding ortho intramolecular Hbond substituents is 1. The number of rotatable bonds is 6. The van der Waals surface area contributed by atoms with Crippen molar-refractivity contribution in [3.8, 4) is 11.5 Å². The third kappa shape index (κ3) is 3.68. The van der Waals surface area contributed by atoms with Gasteiger partial charge in [-0.15, -0.1) is 4.91 Å². The number of para-hydroxylation sites is 1. The number of methoxy groups -OCH3 is 1. The summed E-state index contributed by atoms with van der Waals surface area (Å²) >= 11 is 0. The van der Waals surface area contributed by atoms with Crippen molar-refractivity contribution in [2.45, 2.75) is 19.9 Å². The zero-order valence-electron chi connectivity index (χ0n) is 14.2. The van der Waals surface area contributed by atoms with E-state index < -0.39 is 12.0 Å². The largest absolute Gasteiger partial charge is 0.508 e. The Kier molecular flexibility index (Phi) is 5.54. The number of carboxylic acid groups (broad SMARTS) is 1. The number of aryl methyl sites for hydroxylation is 1. The van der Waals surface area contributed by atoms with Gasteiger partial charge in [-0.3, -0.25) is 0 Å². The molecule has 1 unspecified atom stereocenters. The highest BCUT2D eigenvalue weighted by Crippen LogP contribution is 2.33. The molecule has 25 heavy (non-hydrogen) atoms. The summed E-state index contributed by atoms with van der Waals surface area (Å²) in [5, 5.41) is 22.3. The van der Waals surface area contributed by atoms with Gasteiger partial charge in [-0.05, 0) is 31.5 Å². The summed E-state index contributed by atoms with van der Waals surface area (Å²) in [5.41, 5.74) is 2.31. The first-order valence-electron chi connectivity index (χ1n) is 7.60. The second kappa shape index (κ2) is 7.61. The highest BCUT2D eigenvalue weighted by molar-refractivity contribution is 5.92. The third-order valence-corrected chi connectivity index (χ3v) is 3.99. The lowest BCUT2D eigenvalue weighted by Gasteiger charge is -2.14. The number of hydrogen-bond acceptors (Lipinski definition) is 5. The van der Waals surface area contributed by atoms with E-state index in [1.165, 1.54) is 13.2 Å². The Morgan fingerprint density at radius 2 is 1.96 bits per heavy atom. The van der Waals surface area contributed by atoms with Crippen LogP contribution >= 0.6 is 0 Å². The Bertz CT molecular complexity index is 842. The predicted molar refractivity (Wildman–Crippen MR) is 95.1 cm³/mol. The molecule has 0 radical (unpaired) electrons. The molecule has 0 spiro atoms. The molecule has 0 aromatic heterocycles. The van der Waals surface area contributed by atoms with Crippen LogP contribution in [0.15, 0.2) is 41.6 Å². The van der Waals surface area contributed by atoms with E-state index in [4.69, 9.17) is 4.74 Å². The van der Waals surface area contributed by atoms with Crippen LogP contribution < -0.4 is 4.74 Å². The van der Waals surface area contributed by atoms with Crippen LogP contribution in [-0.4, -0.2) is 23.3 Å². The van der Waals surface area contributed by atoms with Gasteiger partial charge in [0.05, 0.1) is 12.7 Å². The quantitative estimate of drug-likeness (QED) is 0.766. The van der Waals surface area contributed by atoms with Gasteiger partial charge in [0.15, 0.2) is 0 Å². The van der Waals surface area contributed by atoms with Gasteiger partial charge in [-0.25, -0.2) is 4.79 Å². The molecule has 0 amide bonds. The molecule has 0 aliphatic heterocycles. The van der Waals surface area contributed by atoms with Gasteiger partial charge >= 0.3 is 5.97 Å². The van der Waals surface area contributed by atoms with E-state index in [0.29, 0.717) is 28.0 Å². The van der Waals surface area contributed by atoms with Gasteiger partial charge in [0.1, 0.15) is 17.5 Å². The molecule has 6 heteroatoms. The number of nitrogens with zero attached hydrogens (tertiary/aromatic N) is 1. The summed E-state index contributed by atoms with van der Waals surface area (Å²) in [7, 11) is 1.46. The van der Waals surface area contributed by atoms with Crippen molar-refractivity contribution in [1.82, 2.24) is 0 Å². The minimum Gasteiger partial charge on any atom is -0.508 e. The van der Waals surface area contributed by atoms with Crippen LogP contribution in [0.2, 0.25) is 0 Å². The molecule has 0 heterocycles. The molecule has 2 rings (SSSR count). The van der Waals surface area contributed by atoms with Gasteiger partial charge in [0, 0.05) is 16.7 Å². The number of phenols is 1. The molecule has 2 aromatic rings. The van der Waals surface area contributed by atoms with Crippen LogP contribution in [0.3, 0.4) is 0 Å². The molecule has 0 aliphatic carbocycles. The van der Waals surface area contributed by atoms with Crippen molar-refractivity contribution >= 4 is 12.0 Å². The minimum absolute atomic E-state index is 0.0164. The third-order valence-electron chi connectivity index (χ3n) is 3.99. The molecule has 0 fully saturated rings. The fraction of sp³-hybridized carbons (Fsp3) is 0.211. The van der Waals surface area contributed by atoms with Crippen molar-refractivity contribution in [3.63, 3.8) is 0 Å². The Morgan fingerprint density at radius 1 is 1.28 bits per heavy atom. The Balaban J connectivity index is 2.48. The van der Waals surface area contributed by atoms with Crippen LogP contribution in [0.25, 0.3) is 6.08 Å². The topological polar surface area (TPSA) is 96.2 Å². The summed E-state index contributed by atoms with van der Waals surface area (Å²) in [4.78, 5) is 22.6. The molecule has 2 aromatic carbocycles. The average Bonchev–Trinajstić information content (AvgIpc) is 2.56. The molecule has 130 valence electrons. The van der Waals surface area contributed by atoms with Crippen LogP contribution in [-0.2, 0) is 0 Å². The standard InChI is InChI=1S/C19H19NO5/c1-11-10-13(18(25-3)12(2)17(11)19(22)23)8-9-15(20-24)14-6-4-5-7-16(14)21/h4-10,15,21H,1-3H3,(H,22,23). The number of nitroso groups, excluding NO2 is 1. The number of ether oxygens (including phenoxy) is 1. The molecular formula is C19H19NO5. The highest BCUT2D eigenvalue weighted by atomic mass is 16.5. The second-order valence-corrected chi connectivity index (χ2v) is 5.59. The molecule has 6 nitrogen and oxygen atoms in total. The maximum Gasteiger partial charge on any atom is 0.336 e. The highest BCUT2D eigenvalue weighted by Gasteiger charge is 2.18. The first kappa shape index (κ1) is 18.2. The van der Waals surface area contributed by atoms with E-state index in [-0.39, 0.29) is 11.3 Å². The fourth-order valence-corrected chi connectivity index (χ4v) is 2.85. The van der Waals surface area contributed by atoms with E-state index in [0.717, 1.165) is 0 Å².